The Bertz CT molecular complexity index is 798. The van der Waals surface area contributed by atoms with Crippen molar-refractivity contribution in [3.8, 4) is 0 Å². The van der Waals surface area contributed by atoms with Crippen molar-refractivity contribution in [2.75, 3.05) is 5.75 Å². The molecular formula is C17H15N3O3S. The summed E-state index contributed by atoms with van der Waals surface area (Å²) in [5.74, 6) is 0.993. The number of nitrogens with one attached hydrogen (secondary N) is 1. The first-order chi connectivity index (χ1) is 11.8. The van der Waals surface area contributed by atoms with Crippen LogP contribution in [0.4, 0.5) is 0 Å². The van der Waals surface area contributed by atoms with Crippen molar-refractivity contribution >= 4 is 23.7 Å². The number of hydrogen-bond acceptors (Lipinski definition) is 6. The van der Waals surface area contributed by atoms with Crippen LogP contribution in [0.1, 0.15) is 22.0 Å². The lowest BCUT2D eigenvalue weighted by molar-refractivity contribution is 0.0919. The lowest BCUT2D eigenvalue weighted by atomic mass is 10.2. The number of nitrogens with zero attached hydrogens (tertiary/aromatic N) is 2. The summed E-state index contributed by atoms with van der Waals surface area (Å²) in [4.78, 5) is 11.7. The zero-order chi connectivity index (χ0) is 16.6. The van der Waals surface area contributed by atoms with E-state index in [1.54, 1.807) is 12.1 Å². The maximum absolute atomic E-state index is 11.7. The second kappa shape index (κ2) is 8.16. The number of aromatic nitrogens is 2. The number of carbonyl (C=O) groups is 1. The Morgan fingerprint density at radius 1 is 1.17 bits per heavy atom. The van der Waals surface area contributed by atoms with Gasteiger partial charge in [-0.1, -0.05) is 54.2 Å². The van der Waals surface area contributed by atoms with Crippen molar-refractivity contribution < 1.29 is 13.6 Å². The number of amides is 1. The molecular weight excluding hydrogens is 326 g/mol. The van der Waals surface area contributed by atoms with Crippen LogP contribution in [0, 0.1) is 0 Å². The van der Waals surface area contributed by atoms with Crippen LogP contribution in [0.3, 0.4) is 0 Å². The third-order valence-corrected chi connectivity index (χ3v) is 3.78. The molecule has 1 N–H and O–H groups in total. The van der Waals surface area contributed by atoms with Crippen LogP contribution < -0.4 is 5.32 Å². The molecule has 0 aliphatic rings. The smallest absolute Gasteiger partial charge is 0.287 e. The average Bonchev–Trinajstić information content (AvgIpc) is 3.29. The van der Waals surface area contributed by atoms with Gasteiger partial charge in [-0.05, 0) is 17.7 Å². The highest BCUT2D eigenvalue weighted by molar-refractivity contribution is 7.99. The summed E-state index contributed by atoms with van der Waals surface area (Å²) in [7, 11) is 0. The van der Waals surface area contributed by atoms with Gasteiger partial charge < -0.3 is 14.2 Å². The highest BCUT2D eigenvalue weighted by Crippen LogP contribution is 2.16. The molecule has 7 heteroatoms. The van der Waals surface area contributed by atoms with Gasteiger partial charge in [-0.3, -0.25) is 4.79 Å². The van der Waals surface area contributed by atoms with Crippen LogP contribution in [-0.4, -0.2) is 21.9 Å². The van der Waals surface area contributed by atoms with Crippen molar-refractivity contribution in [1.82, 2.24) is 15.5 Å². The van der Waals surface area contributed by atoms with E-state index in [1.165, 1.54) is 18.0 Å². The van der Waals surface area contributed by atoms with Gasteiger partial charge in [-0.25, -0.2) is 0 Å². The molecule has 0 atom stereocenters. The van der Waals surface area contributed by atoms with Crippen LogP contribution >= 0.6 is 11.8 Å². The van der Waals surface area contributed by atoms with E-state index in [4.69, 9.17) is 8.83 Å². The molecule has 6 nitrogen and oxygen atoms in total. The summed E-state index contributed by atoms with van der Waals surface area (Å²) in [6.07, 6.45) is 5.51. The maximum atomic E-state index is 11.7. The largest absolute Gasteiger partial charge is 0.459 e. The minimum Gasteiger partial charge on any atom is -0.459 e. The van der Waals surface area contributed by atoms with Crippen LogP contribution in [0.2, 0.25) is 0 Å². The summed E-state index contributed by atoms with van der Waals surface area (Å²) in [5.41, 5.74) is 1.14. The van der Waals surface area contributed by atoms with E-state index >= 15 is 0 Å². The average molecular weight is 341 g/mol. The Hall–Kier alpha value is -2.80. The molecule has 1 aromatic carbocycles. The molecule has 0 fully saturated rings. The van der Waals surface area contributed by atoms with Crippen molar-refractivity contribution in [2.24, 2.45) is 0 Å². The Labute approximate surface area is 143 Å². The second-order valence-corrected chi connectivity index (χ2v) is 5.72. The van der Waals surface area contributed by atoms with E-state index in [0.29, 0.717) is 11.1 Å². The standard InChI is InChI=1S/C17H15N3O3S/c21-16(14-9-4-10-22-14)18-12-15-19-20-17(23-15)24-11-5-8-13-6-2-1-3-7-13/h1-10H,11-12H2,(H,18,21)/b8-5+. The van der Waals surface area contributed by atoms with E-state index in [2.05, 4.69) is 15.5 Å². The van der Waals surface area contributed by atoms with Crippen molar-refractivity contribution in [3.63, 3.8) is 0 Å². The molecule has 122 valence electrons. The first-order valence-corrected chi connectivity index (χ1v) is 8.28. The lowest BCUT2D eigenvalue weighted by Crippen LogP contribution is -2.22. The Balaban J connectivity index is 1.44. The SMILES string of the molecule is O=C(NCc1nnc(SC/C=C/c2ccccc2)o1)c1ccco1. The molecule has 2 aromatic heterocycles. The van der Waals surface area contributed by atoms with Crippen LogP contribution in [0.25, 0.3) is 6.08 Å². The normalized spacial score (nSPS) is 11.0. The third-order valence-electron chi connectivity index (χ3n) is 3.01. The fourth-order valence-electron chi connectivity index (χ4n) is 1.89. The van der Waals surface area contributed by atoms with Gasteiger partial charge in [0.1, 0.15) is 0 Å². The van der Waals surface area contributed by atoms with Crippen molar-refractivity contribution in [3.05, 3.63) is 72.0 Å². The van der Waals surface area contributed by atoms with E-state index < -0.39 is 0 Å². The summed E-state index contributed by atoms with van der Waals surface area (Å²) in [6, 6.07) is 13.3. The molecule has 0 aliphatic carbocycles. The predicted octanol–water partition coefficient (Wildman–Crippen LogP) is 3.40. The Morgan fingerprint density at radius 3 is 2.83 bits per heavy atom. The second-order valence-electron chi connectivity index (χ2n) is 4.75. The number of carbonyl (C=O) groups excluding carboxylic acids is 1. The van der Waals surface area contributed by atoms with Gasteiger partial charge in [0.15, 0.2) is 5.76 Å². The maximum Gasteiger partial charge on any atom is 0.287 e. The number of hydrogen-bond donors (Lipinski definition) is 1. The quantitative estimate of drug-likeness (QED) is 0.663. The number of rotatable bonds is 7. The zero-order valence-electron chi connectivity index (χ0n) is 12.7. The summed E-state index contributed by atoms with van der Waals surface area (Å²) in [5, 5.41) is 11.0. The topological polar surface area (TPSA) is 81.2 Å². The minimum atomic E-state index is -0.321. The lowest BCUT2D eigenvalue weighted by Gasteiger charge is -1.98. The summed E-state index contributed by atoms with van der Waals surface area (Å²) in [6.45, 7) is 0.160. The Kier molecular flexibility index (Phi) is 5.47. The Morgan fingerprint density at radius 2 is 2.04 bits per heavy atom. The molecule has 1 amide bonds. The van der Waals surface area contributed by atoms with Crippen LogP contribution in [-0.2, 0) is 6.54 Å². The van der Waals surface area contributed by atoms with Gasteiger partial charge in [-0.15, -0.1) is 10.2 Å². The van der Waals surface area contributed by atoms with Crippen molar-refractivity contribution in [1.29, 1.82) is 0 Å². The van der Waals surface area contributed by atoms with E-state index in [-0.39, 0.29) is 18.2 Å². The molecule has 24 heavy (non-hydrogen) atoms. The fourth-order valence-corrected chi connectivity index (χ4v) is 2.48. The number of benzene rings is 1. The van der Waals surface area contributed by atoms with Gasteiger partial charge in [0, 0.05) is 5.75 Å². The molecule has 2 heterocycles. The van der Waals surface area contributed by atoms with E-state index in [1.807, 2.05) is 42.5 Å². The van der Waals surface area contributed by atoms with Crippen molar-refractivity contribution in [2.45, 2.75) is 11.8 Å². The van der Waals surface area contributed by atoms with Crippen LogP contribution in [0.5, 0.6) is 0 Å². The monoisotopic (exact) mass is 341 g/mol. The van der Waals surface area contributed by atoms with E-state index in [0.717, 1.165) is 11.3 Å². The molecule has 3 rings (SSSR count). The van der Waals surface area contributed by atoms with Gasteiger partial charge >= 0.3 is 0 Å². The minimum absolute atomic E-state index is 0.160. The molecule has 0 radical (unpaired) electrons. The van der Waals surface area contributed by atoms with Gasteiger partial charge in [0.25, 0.3) is 11.1 Å². The zero-order valence-corrected chi connectivity index (χ0v) is 13.5. The highest BCUT2D eigenvalue weighted by atomic mass is 32.2. The molecule has 3 aromatic rings. The molecule has 0 aliphatic heterocycles. The van der Waals surface area contributed by atoms with E-state index in [9.17, 15) is 4.79 Å². The van der Waals surface area contributed by atoms with Gasteiger partial charge in [0.05, 0.1) is 12.8 Å². The number of thioether (sulfide) groups is 1. The first-order valence-electron chi connectivity index (χ1n) is 7.30. The first kappa shape index (κ1) is 16.1. The molecule has 0 saturated carbocycles. The van der Waals surface area contributed by atoms with Crippen LogP contribution in [0.15, 0.2) is 68.9 Å². The van der Waals surface area contributed by atoms with Gasteiger partial charge in [-0.2, -0.15) is 0 Å². The molecule has 0 spiro atoms. The predicted molar refractivity (Wildman–Crippen MR) is 90.4 cm³/mol. The number of furan rings is 1. The molecule has 0 saturated heterocycles. The third kappa shape index (κ3) is 4.60. The van der Waals surface area contributed by atoms with Gasteiger partial charge in [0.2, 0.25) is 5.89 Å². The highest BCUT2D eigenvalue weighted by Gasteiger charge is 2.11. The molecule has 0 unspecified atom stereocenters. The fraction of sp³-hybridized carbons (Fsp3) is 0.118. The summed E-state index contributed by atoms with van der Waals surface area (Å²) >= 11 is 1.43. The molecule has 0 bridgehead atoms. The summed E-state index contributed by atoms with van der Waals surface area (Å²) < 4.78 is 10.5.